The van der Waals surface area contributed by atoms with Crippen LogP contribution in [0.1, 0.15) is 16.8 Å². The maximum absolute atomic E-state index is 12.9. The van der Waals surface area contributed by atoms with Gasteiger partial charge in [0.05, 0.1) is 12.3 Å². The Morgan fingerprint density at radius 3 is 2.20 bits per heavy atom. The van der Waals surface area contributed by atoms with Gasteiger partial charge in [-0.25, -0.2) is 4.98 Å². The van der Waals surface area contributed by atoms with Gasteiger partial charge in [-0.3, -0.25) is 9.78 Å². The van der Waals surface area contributed by atoms with E-state index in [1.807, 2.05) is 24.3 Å². The minimum absolute atomic E-state index is 0.0616. The highest BCUT2D eigenvalue weighted by Gasteiger charge is 2.21. The van der Waals surface area contributed by atoms with Crippen molar-refractivity contribution in [3.05, 3.63) is 87.8 Å². The molecule has 6 nitrogen and oxygen atoms in total. The minimum atomic E-state index is -0.0616. The Morgan fingerprint density at radius 1 is 0.900 bits per heavy atom. The van der Waals surface area contributed by atoms with Crippen molar-refractivity contribution in [1.29, 1.82) is 0 Å². The molecule has 1 N–H and O–H groups in total. The van der Waals surface area contributed by atoms with E-state index in [1.54, 1.807) is 7.11 Å². The fraction of sp³-hybridized carbons (Fsp3) is 0.333. The lowest BCUT2D eigenvalue weighted by molar-refractivity contribution is 0.180. The van der Waals surface area contributed by atoms with E-state index in [0.29, 0.717) is 24.5 Å². The number of methoxy groups -OCH3 is 1. The molecule has 6 heteroatoms. The van der Waals surface area contributed by atoms with Crippen LogP contribution in [0.15, 0.2) is 65.5 Å². The number of aromatic amines is 1. The van der Waals surface area contributed by atoms with Crippen molar-refractivity contribution in [3.63, 3.8) is 0 Å². The highest BCUT2D eigenvalue weighted by Crippen LogP contribution is 2.18. The van der Waals surface area contributed by atoms with Gasteiger partial charge in [0.1, 0.15) is 0 Å². The van der Waals surface area contributed by atoms with Crippen LogP contribution in [0, 0.1) is 0 Å². The summed E-state index contributed by atoms with van der Waals surface area (Å²) in [7, 11) is 1.64. The molecule has 0 amide bonds. The molecule has 0 radical (unpaired) electrons. The third kappa shape index (κ3) is 4.71. The molecular weight excluding hydrogens is 376 g/mol. The maximum Gasteiger partial charge on any atom is 0.255 e. The molecule has 1 fully saturated rings. The molecule has 3 aromatic rings. The lowest BCUT2D eigenvalue weighted by atomic mass is 10.0. The van der Waals surface area contributed by atoms with E-state index >= 15 is 0 Å². The van der Waals surface area contributed by atoms with Gasteiger partial charge >= 0.3 is 0 Å². The summed E-state index contributed by atoms with van der Waals surface area (Å²) in [4.78, 5) is 25.2. The highest BCUT2D eigenvalue weighted by atomic mass is 16.5. The summed E-state index contributed by atoms with van der Waals surface area (Å²) >= 11 is 0. The van der Waals surface area contributed by atoms with Gasteiger partial charge in [0, 0.05) is 44.5 Å². The Hall–Kier alpha value is -3.12. The zero-order chi connectivity index (χ0) is 20.8. The average Bonchev–Trinajstić information content (AvgIpc) is 2.80. The standard InChI is InChI=1S/C24H28N4O2/c1-30-18-22-21(13-12-19-8-4-2-5-9-19)23(29)26-24(25-22)28-16-14-27(15-17-28)20-10-6-3-7-11-20/h2-11H,12-18H2,1H3,(H,25,26,29). The molecule has 1 aliphatic heterocycles. The second-order valence-electron chi connectivity index (χ2n) is 7.54. The van der Waals surface area contributed by atoms with Crippen molar-refractivity contribution >= 4 is 11.6 Å². The van der Waals surface area contributed by atoms with Crippen LogP contribution in [-0.2, 0) is 24.2 Å². The lowest BCUT2D eigenvalue weighted by Crippen LogP contribution is -2.47. The lowest BCUT2D eigenvalue weighted by Gasteiger charge is -2.36. The Bertz CT molecular complexity index is 997. The van der Waals surface area contributed by atoms with Crippen molar-refractivity contribution in [2.45, 2.75) is 19.4 Å². The first-order chi connectivity index (χ1) is 14.7. The number of anilines is 2. The van der Waals surface area contributed by atoms with Crippen LogP contribution in [0.2, 0.25) is 0 Å². The maximum atomic E-state index is 12.9. The summed E-state index contributed by atoms with van der Waals surface area (Å²) in [5.74, 6) is 0.642. The zero-order valence-electron chi connectivity index (χ0n) is 17.4. The summed E-state index contributed by atoms with van der Waals surface area (Å²) in [6.45, 7) is 3.75. The van der Waals surface area contributed by atoms with Gasteiger partial charge < -0.3 is 14.5 Å². The van der Waals surface area contributed by atoms with Crippen LogP contribution in [-0.4, -0.2) is 43.3 Å². The van der Waals surface area contributed by atoms with Gasteiger partial charge in [0.2, 0.25) is 5.95 Å². The van der Waals surface area contributed by atoms with Crippen LogP contribution in [0.3, 0.4) is 0 Å². The molecule has 4 rings (SSSR count). The largest absolute Gasteiger partial charge is 0.378 e. The molecule has 1 aliphatic rings. The summed E-state index contributed by atoms with van der Waals surface area (Å²) < 4.78 is 5.35. The van der Waals surface area contributed by atoms with Gasteiger partial charge in [-0.15, -0.1) is 0 Å². The number of para-hydroxylation sites is 1. The molecule has 2 aromatic carbocycles. The second-order valence-corrected chi connectivity index (χ2v) is 7.54. The van der Waals surface area contributed by atoms with E-state index in [-0.39, 0.29) is 5.56 Å². The van der Waals surface area contributed by atoms with E-state index in [1.165, 1.54) is 11.3 Å². The molecule has 0 atom stereocenters. The molecule has 0 bridgehead atoms. The first-order valence-electron chi connectivity index (χ1n) is 10.4. The monoisotopic (exact) mass is 404 g/mol. The molecule has 30 heavy (non-hydrogen) atoms. The predicted molar refractivity (Wildman–Crippen MR) is 120 cm³/mol. The number of piperazine rings is 1. The number of ether oxygens (including phenoxy) is 1. The number of nitrogens with zero attached hydrogens (tertiary/aromatic N) is 3. The van der Waals surface area contributed by atoms with Crippen molar-refractivity contribution in [2.75, 3.05) is 43.1 Å². The summed E-state index contributed by atoms with van der Waals surface area (Å²) in [5.41, 5.74) is 3.83. The molecule has 156 valence electrons. The fourth-order valence-electron chi connectivity index (χ4n) is 3.92. The number of hydrogen-bond acceptors (Lipinski definition) is 5. The Morgan fingerprint density at radius 2 is 1.53 bits per heavy atom. The fourth-order valence-corrected chi connectivity index (χ4v) is 3.92. The van der Waals surface area contributed by atoms with E-state index in [0.717, 1.165) is 38.3 Å². The smallest absolute Gasteiger partial charge is 0.255 e. The third-order valence-corrected chi connectivity index (χ3v) is 5.58. The summed E-state index contributed by atoms with van der Waals surface area (Å²) in [6.07, 6.45) is 1.45. The molecule has 1 saturated heterocycles. The number of aromatic nitrogens is 2. The first-order valence-corrected chi connectivity index (χ1v) is 10.4. The molecule has 0 saturated carbocycles. The molecule has 1 aromatic heterocycles. The molecule has 0 aliphatic carbocycles. The predicted octanol–water partition coefficient (Wildman–Crippen LogP) is 3.03. The first kappa shape index (κ1) is 20.2. The SMILES string of the molecule is COCc1nc(N2CCN(c3ccccc3)CC2)[nH]c(=O)c1CCc1ccccc1. The van der Waals surface area contributed by atoms with E-state index < -0.39 is 0 Å². The Kier molecular flexibility index (Phi) is 6.44. The Balaban J connectivity index is 1.48. The molecule has 0 spiro atoms. The van der Waals surface area contributed by atoms with Crippen LogP contribution in [0.5, 0.6) is 0 Å². The van der Waals surface area contributed by atoms with E-state index in [4.69, 9.17) is 9.72 Å². The Labute approximate surface area is 177 Å². The normalized spacial score (nSPS) is 14.2. The number of rotatable bonds is 7. The van der Waals surface area contributed by atoms with Gasteiger partial charge in [-0.1, -0.05) is 48.5 Å². The average molecular weight is 405 g/mol. The second kappa shape index (κ2) is 9.59. The van der Waals surface area contributed by atoms with Crippen molar-refractivity contribution < 1.29 is 4.74 Å². The van der Waals surface area contributed by atoms with E-state index in [2.05, 4.69) is 51.2 Å². The van der Waals surface area contributed by atoms with Crippen molar-refractivity contribution in [3.8, 4) is 0 Å². The number of hydrogen-bond donors (Lipinski definition) is 1. The molecule has 2 heterocycles. The molecular formula is C24H28N4O2. The van der Waals surface area contributed by atoms with Crippen LogP contribution >= 0.6 is 0 Å². The quantitative estimate of drug-likeness (QED) is 0.656. The van der Waals surface area contributed by atoms with E-state index in [9.17, 15) is 4.79 Å². The van der Waals surface area contributed by atoms with Crippen LogP contribution < -0.4 is 15.4 Å². The molecule has 0 unspecified atom stereocenters. The highest BCUT2D eigenvalue weighted by molar-refractivity contribution is 5.48. The number of aryl methyl sites for hydroxylation is 1. The zero-order valence-corrected chi connectivity index (χ0v) is 17.4. The van der Waals surface area contributed by atoms with Gasteiger partial charge in [-0.05, 0) is 30.5 Å². The topological polar surface area (TPSA) is 61.5 Å². The number of nitrogens with one attached hydrogen (secondary N) is 1. The third-order valence-electron chi connectivity index (χ3n) is 5.58. The van der Waals surface area contributed by atoms with Crippen molar-refractivity contribution in [1.82, 2.24) is 9.97 Å². The minimum Gasteiger partial charge on any atom is -0.378 e. The van der Waals surface area contributed by atoms with Gasteiger partial charge in [0.25, 0.3) is 5.56 Å². The number of benzene rings is 2. The summed E-state index contributed by atoms with van der Waals surface area (Å²) in [6, 6.07) is 20.6. The van der Waals surface area contributed by atoms with Gasteiger partial charge in [-0.2, -0.15) is 0 Å². The van der Waals surface area contributed by atoms with Crippen LogP contribution in [0.4, 0.5) is 11.6 Å². The summed E-state index contributed by atoms with van der Waals surface area (Å²) in [5, 5.41) is 0. The number of H-pyrrole nitrogens is 1. The van der Waals surface area contributed by atoms with Gasteiger partial charge in [0.15, 0.2) is 0 Å². The van der Waals surface area contributed by atoms with Crippen LogP contribution in [0.25, 0.3) is 0 Å². The van der Waals surface area contributed by atoms with Crippen molar-refractivity contribution in [2.24, 2.45) is 0 Å².